The molecule has 0 saturated heterocycles. The van der Waals surface area contributed by atoms with E-state index in [-0.39, 0.29) is 36.6 Å². The van der Waals surface area contributed by atoms with Gasteiger partial charge in [-0.15, -0.1) is 5.10 Å². The van der Waals surface area contributed by atoms with E-state index in [9.17, 15) is 13.6 Å². The number of aryl methyl sites for hydroxylation is 2. The average Bonchev–Trinajstić information content (AvgIpc) is 3.32. The van der Waals surface area contributed by atoms with Crippen LogP contribution in [0.3, 0.4) is 0 Å². The molecule has 0 bridgehead atoms. The number of hydrogen-bond donors (Lipinski definition) is 2. The zero-order valence-electron chi connectivity index (χ0n) is 18.0. The fourth-order valence-electron chi connectivity index (χ4n) is 3.89. The standard InChI is InChI=1S/C21H24F2N8O/c1-11(18-27-15-6-4-5-7-16(15)30(18)19(22)23)10-25-17(32)9-8-14-12(2)26-21-28-20(24)29-31(21)13(14)3/h4-7,11,19H,8-10H2,1-3H3,(H2,24,29)(H,25,32)/t11-/m1/s1. The molecule has 4 aromatic rings. The first-order valence-electron chi connectivity index (χ1n) is 10.3. The van der Waals surface area contributed by atoms with Crippen LogP contribution in [0, 0.1) is 13.8 Å². The summed E-state index contributed by atoms with van der Waals surface area (Å²) in [5.74, 6) is 0.222. The van der Waals surface area contributed by atoms with Crippen LogP contribution in [-0.4, -0.2) is 41.6 Å². The van der Waals surface area contributed by atoms with Crippen molar-refractivity contribution in [2.45, 2.75) is 46.1 Å². The topological polar surface area (TPSA) is 116 Å². The number of nitrogens with zero attached hydrogens (tertiary/aromatic N) is 6. The number of aromatic nitrogens is 6. The van der Waals surface area contributed by atoms with E-state index in [0.717, 1.165) is 21.5 Å². The Balaban J connectivity index is 1.42. The molecule has 0 aliphatic heterocycles. The third-order valence-corrected chi connectivity index (χ3v) is 5.53. The summed E-state index contributed by atoms with van der Waals surface area (Å²) in [6.45, 7) is 2.97. The zero-order chi connectivity index (χ0) is 23.0. The van der Waals surface area contributed by atoms with Crippen LogP contribution in [0.2, 0.25) is 0 Å². The number of anilines is 1. The molecule has 9 nitrogen and oxygen atoms in total. The number of amides is 1. The second kappa shape index (κ2) is 8.48. The number of nitrogen functional groups attached to an aromatic ring is 1. The van der Waals surface area contributed by atoms with Gasteiger partial charge in [0, 0.05) is 30.3 Å². The Bertz CT molecular complexity index is 1300. The van der Waals surface area contributed by atoms with Crippen molar-refractivity contribution < 1.29 is 13.6 Å². The highest BCUT2D eigenvalue weighted by molar-refractivity contribution is 5.77. The summed E-state index contributed by atoms with van der Waals surface area (Å²) in [6, 6.07) is 6.76. The highest BCUT2D eigenvalue weighted by Gasteiger charge is 2.22. The molecule has 1 atom stereocenters. The maximum Gasteiger partial charge on any atom is 0.320 e. The summed E-state index contributed by atoms with van der Waals surface area (Å²) in [5, 5.41) is 6.95. The van der Waals surface area contributed by atoms with E-state index in [1.165, 1.54) is 0 Å². The summed E-state index contributed by atoms with van der Waals surface area (Å²) in [7, 11) is 0. The number of nitrogens with two attached hydrogens (primary N) is 1. The number of benzene rings is 1. The number of nitrogens with one attached hydrogen (secondary N) is 1. The van der Waals surface area contributed by atoms with Crippen molar-refractivity contribution >= 4 is 28.7 Å². The van der Waals surface area contributed by atoms with Crippen molar-refractivity contribution in [3.8, 4) is 0 Å². The molecule has 168 valence electrons. The Kier molecular flexibility index (Phi) is 5.72. The molecule has 0 radical (unpaired) electrons. The van der Waals surface area contributed by atoms with Gasteiger partial charge in [0.1, 0.15) is 5.82 Å². The first kappa shape index (κ1) is 21.6. The van der Waals surface area contributed by atoms with Crippen LogP contribution < -0.4 is 11.1 Å². The van der Waals surface area contributed by atoms with Crippen molar-refractivity contribution in [3.63, 3.8) is 0 Å². The number of alkyl halides is 2. The Morgan fingerprint density at radius 2 is 1.94 bits per heavy atom. The van der Waals surface area contributed by atoms with E-state index < -0.39 is 6.55 Å². The molecule has 32 heavy (non-hydrogen) atoms. The lowest BCUT2D eigenvalue weighted by molar-refractivity contribution is -0.121. The number of halogens is 2. The molecule has 1 aromatic carbocycles. The quantitative estimate of drug-likeness (QED) is 0.455. The van der Waals surface area contributed by atoms with E-state index in [4.69, 9.17) is 5.73 Å². The van der Waals surface area contributed by atoms with Gasteiger partial charge in [-0.25, -0.2) is 9.97 Å². The molecule has 1 amide bonds. The lowest BCUT2D eigenvalue weighted by Crippen LogP contribution is -2.29. The maximum atomic E-state index is 13.7. The Labute approximate surface area is 182 Å². The molecule has 0 aliphatic carbocycles. The Morgan fingerprint density at radius 1 is 1.19 bits per heavy atom. The van der Waals surface area contributed by atoms with Crippen LogP contribution in [0.15, 0.2) is 24.3 Å². The van der Waals surface area contributed by atoms with Gasteiger partial charge in [-0.05, 0) is 38.0 Å². The van der Waals surface area contributed by atoms with Crippen molar-refractivity contribution in [2.24, 2.45) is 0 Å². The summed E-state index contributed by atoms with van der Waals surface area (Å²) in [5.41, 5.74) is 9.00. The van der Waals surface area contributed by atoms with Crippen LogP contribution >= 0.6 is 0 Å². The monoisotopic (exact) mass is 442 g/mol. The van der Waals surface area contributed by atoms with Gasteiger partial charge < -0.3 is 11.1 Å². The lowest BCUT2D eigenvalue weighted by Gasteiger charge is -2.15. The largest absolute Gasteiger partial charge is 0.366 e. The number of para-hydroxylation sites is 2. The van der Waals surface area contributed by atoms with Gasteiger partial charge >= 0.3 is 6.55 Å². The van der Waals surface area contributed by atoms with E-state index in [1.807, 2.05) is 13.8 Å². The predicted molar refractivity (Wildman–Crippen MR) is 115 cm³/mol. The minimum absolute atomic E-state index is 0.138. The number of fused-ring (bicyclic) bond motifs is 2. The predicted octanol–water partition coefficient (Wildman–Crippen LogP) is 2.92. The second-order valence-electron chi connectivity index (χ2n) is 7.75. The third kappa shape index (κ3) is 3.97. The molecule has 0 fully saturated rings. The molecule has 0 unspecified atom stereocenters. The number of hydrogen-bond acceptors (Lipinski definition) is 6. The molecule has 4 rings (SSSR count). The highest BCUT2D eigenvalue weighted by atomic mass is 19.3. The van der Waals surface area contributed by atoms with Crippen LogP contribution in [0.25, 0.3) is 16.8 Å². The molecular formula is C21H24F2N8O. The van der Waals surface area contributed by atoms with E-state index in [2.05, 4.69) is 25.4 Å². The third-order valence-electron chi connectivity index (χ3n) is 5.53. The number of imidazole rings is 1. The first-order valence-corrected chi connectivity index (χ1v) is 10.3. The number of rotatable bonds is 7. The average molecular weight is 442 g/mol. The van der Waals surface area contributed by atoms with E-state index >= 15 is 0 Å². The maximum absolute atomic E-state index is 13.7. The van der Waals surface area contributed by atoms with Crippen molar-refractivity contribution in [3.05, 3.63) is 47.0 Å². The molecule has 0 aliphatic rings. The molecule has 0 spiro atoms. The van der Waals surface area contributed by atoms with Gasteiger partial charge in [0.25, 0.3) is 5.78 Å². The molecule has 3 aromatic heterocycles. The van der Waals surface area contributed by atoms with Crippen LogP contribution in [0.1, 0.15) is 48.6 Å². The van der Waals surface area contributed by atoms with Gasteiger partial charge in [0.2, 0.25) is 11.9 Å². The van der Waals surface area contributed by atoms with Gasteiger partial charge in [-0.2, -0.15) is 18.3 Å². The van der Waals surface area contributed by atoms with Gasteiger partial charge in [-0.1, -0.05) is 19.1 Å². The van der Waals surface area contributed by atoms with Crippen LogP contribution in [0.4, 0.5) is 14.7 Å². The van der Waals surface area contributed by atoms with E-state index in [1.54, 1.807) is 35.7 Å². The fourth-order valence-corrected chi connectivity index (χ4v) is 3.89. The normalized spacial score (nSPS) is 12.7. The highest BCUT2D eigenvalue weighted by Crippen LogP contribution is 2.27. The number of carbonyl (C=O) groups excluding carboxylic acids is 1. The molecule has 11 heteroatoms. The van der Waals surface area contributed by atoms with E-state index in [0.29, 0.717) is 23.2 Å². The van der Waals surface area contributed by atoms with Crippen molar-refractivity contribution in [1.29, 1.82) is 0 Å². The molecular weight excluding hydrogens is 418 g/mol. The van der Waals surface area contributed by atoms with Gasteiger partial charge in [0.05, 0.1) is 11.0 Å². The molecule has 3 heterocycles. The first-order chi connectivity index (χ1) is 15.3. The smallest absolute Gasteiger partial charge is 0.320 e. The Hall–Kier alpha value is -3.63. The summed E-state index contributed by atoms with van der Waals surface area (Å²) >= 11 is 0. The summed E-state index contributed by atoms with van der Waals surface area (Å²) in [6.07, 6.45) is 0.674. The SMILES string of the molecule is Cc1nc2nc(N)nn2c(C)c1CCC(=O)NC[C@@H](C)c1nc2ccccc2n1C(F)F. The van der Waals surface area contributed by atoms with Crippen molar-refractivity contribution in [1.82, 2.24) is 34.4 Å². The summed E-state index contributed by atoms with van der Waals surface area (Å²) in [4.78, 5) is 25.3. The minimum Gasteiger partial charge on any atom is -0.366 e. The number of carbonyl (C=O) groups is 1. The molecule has 0 saturated carbocycles. The summed E-state index contributed by atoms with van der Waals surface area (Å²) < 4.78 is 29.8. The second-order valence-corrected chi connectivity index (χ2v) is 7.75. The fraction of sp³-hybridized carbons (Fsp3) is 0.381. The van der Waals surface area contributed by atoms with Gasteiger partial charge in [0.15, 0.2) is 0 Å². The minimum atomic E-state index is -2.71. The molecule has 3 N–H and O–H groups in total. The lowest BCUT2D eigenvalue weighted by atomic mass is 10.1. The zero-order valence-corrected chi connectivity index (χ0v) is 18.0. The van der Waals surface area contributed by atoms with Crippen molar-refractivity contribution in [2.75, 3.05) is 12.3 Å². The Morgan fingerprint density at radius 3 is 2.69 bits per heavy atom. The van der Waals surface area contributed by atoms with Crippen LogP contribution in [-0.2, 0) is 11.2 Å². The van der Waals surface area contributed by atoms with Crippen LogP contribution in [0.5, 0.6) is 0 Å². The van der Waals surface area contributed by atoms with Gasteiger partial charge in [-0.3, -0.25) is 9.36 Å².